The molecule has 2 aromatic carbocycles. The van der Waals surface area contributed by atoms with Crippen LogP contribution in [-0.4, -0.2) is 40.9 Å². The summed E-state index contributed by atoms with van der Waals surface area (Å²) in [5, 5.41) is 6.98. The van der Waals surface area contributed by atoms with E-state index in [-0.39, 0.29) is 17.7 Å². The van der Waals surface area contributed by atoms with Crippen LogP contribution in [0.3, 0.4) is 0 Å². The summed E-state index contributed by atoms with van der Waals surface area (Å²) in [7, 11) is 0. The number of amides is 2. The number of hydrogen-bond donors (Lipinski definition) is 3. The maximum Gasteiger partial charge on any atom is 0.243 e. The van der Waals surface area contributed by atoms with Crippen molar-refractivity contribution >= 4 is 34.5 Å². The Bertz CT molecular complexity index is 1030. The lowest BCUT2D eigenvalue weighted by Crippen LogP contribution is -2.63. The van der Waals surface area contributed by atoms with E-state index < -0.39 is 12.1 Å². The maximum absolute atomic E-state index is 12.9. The number of carbonyl (C=O) groups is 2. The van der Waals surface area contributed by atoms with Gasteiger partial charge in [0.05, 0.1) is 5.69 Å². The van der Waals surface area contributed by atoms with Crippen LogP contribution in [0.25, 0.3) is 22.2 Å². The number of benzene rings is 2. The van der Waals surface area contributed by atoms with Crippen molar-refractivity contribution in [3.8, 4) is 11.3 Å². The van der Waals surface area contributed by atoms with Gasteiger partial charge in [0.2, 0.25) is 11.8 Å². The Morgan fingerprint density at radius 1 is 0.966 bits per heavy atom. The van der Waals surface area contributed by atoms with E-state index >= 15 is 0 Å². The Balaban J connectivity index is 1.71. The second-order valence-electron chi connectivity index (χ2n) is 7.44. The molecule has 1 saturated heterocycles. The standard InChI is InChI=1S/C23H25N3O2S/c1-14(20-23(28)25-18(12-13-29-2)22(27)26-20)19-16-10-6-7-11-17(16)24-21(19)15-8-4-3-5-9-15/h3-11,14,18,20,24H,12-13H2,1-2H3,(H,25,28)(H,26,27)/t14?,18-,20-/m1/s1. The van der Waals surface area contributed by atoms with Crippen LogP contribution in [0, 0.1) is 0 Å². The average Bonchev–Trinajstić information content (AvgIpc) is 3.14. The van der Waals surface area contributed by atoms with Crippen molar-refractivity contribution in [1.82, 2.24) is 15.6 Å². The van der Waals surface area contributed by atoms with Gasteiger partial charge in [0.25, 0.3) is 0 Å². The zero-order valence-corrected chi connectivity index (χ0v) is 17.4. The van der Waals surface area contributed by atoms with Crippen LogP contribution in [-0.2, 0) is 9.59 Å². The van der Waals surface area contributed by atoms with Gasteiger partial charge >= 0.3 is 0 Å². The van der Waals surface area contributed by atoms with E-state index in [2.05, 4.69) is 33.8 Å². The minimum absolute atomic E-state index is 0.100. The number of rotatable bonds is 6. The molecular formula is C23H25N3O2S. The van der Waals surface area contributed by atoms with Crippen LogP contribution in [0.1, 0.15) is 24.8 Å². The topological polar surface area (TPSA) is 74.0 Å². The molecule has 3 atom stereocenters. The van der Waals surface area contributed by atoms with Crippen molar-refractivity contribution in [2.24, 2.45) is 0 Å². The third kappa shape index (κ3) is 3.77. The summed E-state index contributed by atoms with van der Waals surface area (Å²) in [5.74, 6) is 0.426. The normalized spacial score (nSPS) is 20.3. The second kappa shape index (κ2) is 8.33. The first kappa shape index (κ1) is 19.6. The van der Waals surface area contributed by atoms with Gasteiger partial charge in [0.15, 0.2) is 0 Å². The molecule has 0 spiro atoms. The average molecular weight is 408 g/mol. The number of aromatic amines is 1. The van der Waals surface area contributed by atoms with E-state index in [9.17, 15) is 9.59 Å². The number of aromatic nitrogens is 1. The van der Waals surface area contributed by atoms with Gasteiger partial charge in [0.1, 0.15) is 12.1 Å². The molecule has 3 aromatic rings. The van der Waals surface area contributed by atoms with Crippen LogP contribution in [0.4, 0.5) is 0 Å². The number of fused-ring (bicyclic) bond motifs is 1. The summed E-state index contributed by atoms with van der Waals surface area (Å²) < 4.78 is 0. The van der Waals surface area contributed by atoms with Gasteiger partial charge in [0, 0.05) is 16.8 Å². The molecule has 1 aliphatic heterocycles. The molecule has 1 aromatic heterocycles. The number of nitrogens with one attached hydrogen (secondary N) is 3. The quantitative estimate of drug-likeness (QED) is 0.584. The van der Waals surface area contributed by atoms with Gasteiger partial charge in [-0.1, -0.05) is 55.5 Å². The number of H-pyrrole nitrogens is 1. The molecule has 0 radical (unpaired) electrons. The Labute approximate surface area is 174 Å². The molecule has 150 valence electrons. The first-order valence-electron chi connectivity index (χ1n) is 9.86. The molecule has 3 N–H and O–H groups in total. The Hall–Kier alpha value is -2.73. The van der Waals surface area contributed by atoms with Crippen molar-refractivity contribution < 1.29 is 9.59 Å². The SMILES string of the molecule is CSCC[C@H]1NC(=O)[C@@H](C(C)c2c(-c3ccccc3)[nH]c3ccccc23)NC1=O. The molecule has 2 heterocycles. The minimum Gasteiger partial charge on any atom is -0.354 e. The van der Waals surface area contributed by atoms with Crippen molar-refractivity contribution in [3.05, 3.63) is 60.2 Å². The summed E-state index contributed by atoms with van der Waals surface area (Å²) in [4.78, 5) is 29.0. The maximum atomic E-state index is 12.9. The third-order valence-corrected chi connectivity index (χ3v) is 6.23. The van der Waals surface area contributed by atoms with Crippen molar-refractivity contribution in [3.63, 3.8) is 0 Å². The molecule has 1 fully saturated rings. The summed E-state index contributed by atoms with van der Waals surface area (Å²) in [6, 6.07) is 17.1. The van der Waals surface area contributed by atoms with Crippen LogP contribution >= 0.6 is 11.8 Å². The van der Waals surface area contributed by atoms with Gasteiger partial charge < -0.3 is 15.6 Å². The predicted molar refractivity (Wildman–Crippen MR) is 119 cm³/mol. The Morgan fingerprint density at radius 2 is 1.69 bits per heavy atom. The second-order valence-corrected chi connectivity index (χ2v) is 8.43. The summed E-state index contributed by atoms with van der Waals surface area (Å²) in [6.45, 7) is 2.01. The Morgan fingerprint density at radius 3 is 2.45 bits per heavy atom. The van der Waals surface area contributed by atoms with Crippen LogP contribution < -0.4 is 10.6 Å². The smallest absolute Gasteiger partial charge is 0.243 e. The Kier molecular flexibility index (Phi) is 5.62. The van der Waals surface area contributed by atoms with Crippen molar-refractivity contribution in [1.29, 1.82) is 0 Å². The molecule has 1 aliphatic rings. The monoisotopic (exact) mass is 407 g/mol. The molecule has 29 heavy (non-hydrogen) atoms. The number of hydrogen-bond acceptors (Lipinski definition) is 3. The summed E-state index contributed by atoms with van der Waals surface area (Å²) in [6.07, 6.45) is 2.64. The van der Waals surface area contributed by atoms with E-state index in [0.29, 0.717) is 6.42 Å². The minimum atomic E-state index is -0.602. The lowest BCUT2D eigenvalue weighted by atomic mass is 9.87. The van der Waals surface area contributed by atoms with Gasteiger partial charge in [-0.15, -0.1) is 0 Å². The highest BCUT2D eigenvalue weighted by atomic mass is 32.2. The van der Waals surface area contributed by atoms with Crippen LogP contribution in [0.15, 0.2) is 54.6 Å². The van der Waals surface area contributed by atoms with E-state index in [1.165, 1.54) is 0 Å². The molecule has 0 aliphatic carbocycles. The van der Waals surface area contributed by atoms with E-state index in [1.807, 2.05) is 49.6 Å². The number of para-hydroxylation sites is 1. The van der Waals surface area contributed by atoms with Crippen LogP contribution in [0.2, 0.25) is 0 Å². The number of thioether (sulfide) groups is 1. The molecule has 0 bridgehead atoms. The highest BCUT2D eigenvalue weighted by molar-refractivity contribution is 7.98. The molecule has 6 heteroatoms. The van der Waals surface area contributed by atoms with Gasteiger partial charge in [-0.2, -0.15) is 11.8 Å². The summed E-state index contributed by atoms with van der Waals surface area (Å²) >= 11 is 1.67. The first-order chi connectivity index (χ1) is 14.1. The first-order valence-corrected chi connectivity index (χ1v) is 11.2. The van der Waals surface area contributed by atoms with Gasteiger partial charge in [-0.05, 0) is 35.6 Å². The fraction of sp³-hybridized carbons (Fsp3) is 0.304. The zero-order valence-electron chi connectivity index (χ0n) is 16.6. The fourth-order valence-corrected chi connectivity index (χ4v) is 4.54. The number of piperazine rings is 1. The third-order valence-electron chi connectivity index (χ3n) is 5.59. The van der Waals surface area contributed by atoms with E-state index in [4.69, 9.17) is 0 Å². The van der Waals surface area contributed by atoms with Gasteiger partial charge in [-0.3, -0.25) is 9.59 Å². The molecule has 1 unspecified atom stereocenters. The predicted octanol–water partition coefficient (Wildman–Crippen LogP) is 3.67. The van der Waals surface area contributed by atoms with E-state index in [0.717, 1.165) is 33.5 Å². The largest absolute Gasteiger partial charge is 0.354 e. The van der Waals surface area contributed by atoms with Crippen LogP contribution in [0.5, 0.6) is 0 Å². The molecule has 4 rings (SSSR count). The number of carbonyl (C=O) groups excluding carboxylic acids is 2. The molecule has 5 nitrogen and oxygen atoms in total. The highest BCUT2D eigenvalue weighted by Gasteiger charge is 2.38. The molecule has 0 saturated carbocycles. The summed E-state index contributed by atoms with van der Waals surface area (Å²) in [5.41, 5.74) is 4.13. The lowest BCUT2D eigenvalue weighted by molar-refractivity contribution is -0.137. The van der Waals surface area contributed by atoms with Gasteiger partial charge in [-0.25, -0.2) is 0 Å². The lowest BCUT2D eigenvalue weighted by Gasteiger charge is -2.33. The van der Waals surface area contributed by atoms with E-state index in [1.54, 1.807) is 11.8 Å². The van der Waals surface area contributed by atoms with Crippen molar-refractivity contribution in [2.45, 2.75) is 31.3 Å². The zero-order chi connectivity index (χ0) is 20.4. The molecule has 2 amide bonds. The fourth-order valence-electron chi connectivity index (χ4n) is 4.07. The molecular weight excluding hydrogens is 382 g/mol. The highest BCUT2D eigenvalue weighted by Crippen LogP contribution is 2.37. The van der Waals surface area contributed by atoms with Crippen molar-refractivity contribution in [2.75, 3.05) is 12.0 Å².